The van der Waals surface area contributed by atoms with Gasteiger partial charge in [-0.25, -0.2) is 4.98 Å². The lowest BCUT2D eigenvalue weighted by Gasteiger charge is -2.17. The predicted molar refractivity (Wildman–Crippen MR) is 343 cm³/mol. The molecule has 0 radical (unpaired) electrons. The fourth-order valence-electron chi connectivity index (χ4n) is 13.3. The fourth-order valence-corrected chi connectivity index (χ4v) is 13.3. The molecule has 0 saturated carbocycles. The van der Waals surface area contributed by atoms with Gasteiger partial charge in [0.05, 0.1) is 55.5 Å². The Bertz CT molecular complexity index is 5050. The van der Waals surface area contributed by atoms with Crippen LogP contribution < -0.4 is 0 Å². The number of hydrogen-bond donors (Lipinski definition) is 0. The number of rotatable bonds is 8. The van der Waals surface area contributed by atoms with Gasteiger partial charge in [0.25, 0.3) is 0 Å². The number of fused-ring (bicyclic) bond motifs is 12. The van der Waals surface area contributed by atoms with E-state index in [1.54, 1.807) is 0 Å². The first-order valence-corrected chi connectivity index (χ1v) is 28.1. The lowest BCUT2D eigenvalue weighted by molar-refractivity contribution is 1.13. The van der Waals surface area contributed by atoms with Crippen molar-refractivity contribution in [2.75, 3.05) is 0 Å². The highest BCUT2D eigenvalue weighted by Crippen LogP contribution is 2.41. The van der Waals surface area contributed by atoms with Gasteiger partial charge in [0.2, 0.25) is 0 Å². The number of hydrogen-bond acceptors (Lipinski definition) is 1. The van der Waals surface area contributed by atoms with Gasteiger partial charge in [0.1, 0.15) is 0 Å². The molecule has 0 aliphatic rings. The minimum atomic E-state index is 0.892. The van der Waals surface area contributed by atoms with E-state index in [2.05, 4.69) is 316 Å². The number of pyridine rings is 1. The Morgan fingerprint density at radius 2 is 0.451 bits per heavy atom. The van der Waals surface area contributed by atoms with Crippen LogP contribution in [0.3, 0.4) is 0 Å². The zero-order chi connectivity index (χ0) is 53.8. The first-order chi connectivity index (χ1) is 40.7. The standard InChI is InChI=1S/C77H49N5/c1-9-28-70-60(20-1)61-21-2-10-29-71(61)79(70)56-40-36-50(37-41-56)52-18-17-19-53(44-52)69-48-55(47-68(78-69)51-38-42-57(43-39-51)80-72-30-11-3-22-62(72)63-23-4-12-31-73(63)80)54-45-58(81-74-32-13-5-24-64(74)65-25-6-14-33-75(65)81)49-59(46-54)82-76-34-15-7-26-66(76)67-27-8-16-35-77(67)82/h1-49H. The Hall–Kier alpha value is -11.0. The van der Waals surface area contributed by atoms with Crippen molar-refractivity contribution in [3.8, 4) is 67.5 Å². The third-order valence-corrected chi connectivity index (χ3v) is 16.9. The largest absolute Gasteiger partial charge is 0.309 e. The second-order valence-corrected chi connectivity index (χ2v) is 21.5. The van der Waals surface area contributed by atoms with Crippen LogP contribution in [0.25, 0.3) is 155 Å². The van der Waals surface area contributed by atoms with Gasteiger partial charge in [-0.2, -0.15) is 0 Å². The summed E-state index contributed by atoms with van der Waals surface area (Å²) in [5.41, 5.74) is 22.1. The molecule has 17 aromatic rings. The molecule has 82 heavy (non-hydrogen) atoms. The number of para-hydroxylation sites is 8. The molecule has 0 spiro atoms. The highest BCUT2D eigenvalue weighted by molar-refractivity contribution is 6.12. The second-order valence-electron chi connectivity index (χ2n) is 21.5. The van der Waals surface area contributed by atoms with Crippen molar-refractivity contribution >= 4 is 87.2 Å². The summed E-state index contributed by atoms with van der Waals surface area (Å²) in [6.45, 7) is 0. The van der Waals surface area contributed by atoms with Gasteiger partial charge in [-0.3, -0.25) is 0 Å². The van der Waals surface area contributed by atoms with E-state index in [4.69, 9.17) is 4.98 Å². The Morgan fingerprint density at radius 1 is 0.171 bits per heavy atom. The molecular formula is C77H49N5. The summed E-state index contributed by atoms with van der Waals surface area (Å²) in [7, 11) is 0. The van der Waals surface area contributed by atoms with Crippen LogP contribution in [0.4, 0.5) is 0 Å². The summed E-state index contributed by atoms with van der Waals surface area (Å²) in [5.74, 6) is 0. The summed E-state index contributed by atoms with van der Waals surface area (Å²) in [4.78, 5) is 5.62. The second kappa shape index (κ2) is 18.3. The molecule has 0 fully saturated rings. The molecular weight excluding hydrogens is 995 g/mol. The summed E-state index contributed by atoms with van der Waals surface area (Å²) in [6, 6.07) is 108. The van der Waals surface area contributed by atoms with Crippen molar-refractivity contribution in [3.63, 3.8) is 0 Å². The van der Waals surface area contributed by atoms with Gasteiger partial charge in [0.15, 0.2) is 0 Å². The minimum Gasteiger partial charge on any atom is -0.309 e. The Balaban J connectivity index is 0.862. The normalized spacial score (nSPS) is 11.9. The smallest absolute Gasteiger partial charge is 0.0715 e. The fraction of sp³-hybridized carbons (Fsp3) is 0. The third kappa shape index (κ3) is 7.16. The molecule has 5 aromatic heterocycles. The van der Waals surface area contributed by atoms with Crippen LogP contribution in [-0.2, 0) is 0 Å². The van der Waals surface area contributed by atoms with Gasteiger partial charge in [0, 0.05) is 77.0 Å². The van der Waals surface area contributed by atoms with E-state index in [1.165, 1.54) is 65.2 Å². The van der Waals surface area contributed by atoms with Crippen LogP contribution in [0.2, 0.25) is 0 Å². The van der Waals surface area contributed by atoms with Crippen molar-refractivity contribution < 1.29 is 0 Å². The van der Waals surface area contributed by atoms with Gasteiger partial charge in [-0.05, 0) is 131 Å². The molecule has 5 heterocycles. The highest BCUT2D eigenvalue weighted by atomic mass is 15.0. The molecule has 0 aliphatic carbocycles. The van der Waals surface area contributed by atoms with Crippen LogP contribution in [0.5, 0.6) is 0 Å². The summed E-state index contributed by atoms with van der Waals surface area (Å²) < 4.78 is 9.64. The van der Waals surface area contributed by atoms with Crippen LogP contribution in [0.1, 0.15) is 0 Å². The molecule has 12 aromatic carbocycles. The Kier molecular flexibility index (Phi) is 10.2. The number of benzene rings is 12. The van der Waals surface area contributed by atoms with E-state index >= 15 is 0 Å². The predicted octanol–water partition coefficient (Wildman–Crippen LogP) is 20.1. The first kappa shape index (κ1) is 46.0. The quantitative estimate of drug-likeness (QED) is 0.149. The van der Waals surface area contributed by atoms with E-state index in [0.717, 1.165) is 89.6 Å². The van der Waals surface area contributed by atoms with E-state index in [0.29, 0.717) is 0 Å². The lowest BCUT2D eigenvalue weighted by Crippen LogP contribution is -2.00. The first-order valence-electron chi connectivity index (χ1n) is 28.1. The molecule has 17 rings (SSSR count). The summed E-state index contributed by atoms with van der Waals surface area (Å²) in [6.07, 6.45) is 0. The maximum absolute atomic E-state index is 5.62. The van der Waals surface area contributed by atoms with Gasteiger partial charge in [-0.15, -0.1) is 0 Å². The molecule has 0 bridgehead atoms. The molecule has 5 heteroatoms. The van der Waals surface area contributed by atoms with Crippen LogP contribution >= 0.6 is 0 Å². The molecule has 0 N–H and O–H groups in total. The SMILES string of the molecule is c1cc(-c2ccc(-n3c4ccccc4c4ccccc43)cc2)cc(-c2cc(-c3cc(-n4c5ccccc5c5ccccc54)cc(-n4c5ccccc5c5ccccc54)c3)cc(-c3ccc(-n4c5ccccc5c5ccccc54)cc3)n2)c1. The van der Waals surface area contributed by atoms with Crippen LogP contribution in [-0.4, -0.2) is 23.3 Å². The van der Waals surface area contributed by atoms with Gasteiger partial charge >= 0.3 is 0 Å². The van der Waals surface area contributed by atoms with Crippen molar-refractivity contribution in [2.45, 2.75) is 0 Å². The Labute approximate surface area is 472 Å². The monoisotopic (exact) mass is 1040 g/mol. The molecule has 0 amide bonds. The summed E-state index contributed by atoms with van der Waals surface area (Å²) in [5, 5.41) is 9.88. The molecule has 0 atom stereocenters. The van der Waals surface area contributed by atoms with Crippen molar-refractivity contribution in [1.82, 2.24) is 23.3 Å². The summed E-state index contributed by atoms with van der Waals surface area (Å²) >= 11 is 0. The molecule has 0 aliphatic heterocycles. The molecule has 0 saturated heterocycles. The topological polar surface area (TPSA) is 32.6 Å². The number of aromatic nitrogens is 5. The number of nitrogens with zero attached hydrogens (tertiary/aromatic N) is 5. The van der Waals surface area contributed by atoms with Crippen molar-refractivity contribution in [1.29, 1.82) is 0 Å². The van der Waals surface area contributed by atoms with Crippen molar-refractivity contribution in [3.05, 3.63) is 297 Å². The van der Waals surface area contributed by atoms with Gasteiger partial charge in [-0.1, -0.05) is 188 Å². The van der Waals surface area contributed by atoms with E-state index in [1.807, 2.05) is 0 Å². The maximum atomic E-state index is 5.62. The zero-order valence-corrected chi connectivity index (χ0v) is 44.5. The van der Waals surface area contributed by atoms with E-state index in [-0.39, 0.29) is 0 Å². The van der Waals surface area contributed by atoms with E-state index in [9.17, 15) is 0 Å². The maximum Gasteiger partial charge on any atom is 0.0715 e. The van der Waals surface area contributed by atoms with Crippen LogP contribution in [0.15, 0.2) is 297 Å². The highest BCUT2D eigenvalue weighted by Gasteiger charge is 2.20. The molecule has 5 nitrogen and oxygen atoms in total. The molecule has 0 unspecified atom stereocenters. The zero-order valence-electron chi connectivity index (χ0n) is 44.5. The van der Waals surface area contributed by atoms with Gasteiger partial charge < -0.3 is 18.3 Å². The van der Waals surface area contributed by atoms with E-state index < -0.39 is 0 Å². The lowest BCUT2D eigenvalue weighted by atomic mass is 9.97. The minimum absolute atomic E-state index is 0.892. The average Bonchev–Trinajstić information content (AvgIpc) is 4.29. The van der Waals surface area contributed by atoms with Crippen molar-refractivity contribution in [2.24, 2.45) is 0 Å². The average molecular weight is 1040 g/mol. The van der Waals surface area contributed by atoms with Crippen LogP contribution in [0, 0.1) is 0 Å². The third-order valence-electron chi connectivity index (χ3n) is 16.9. The Morgan fingerprint density at radius 3 is 0.805 bits per heavy atom. The molecule has 382 valence electrons.